The minimum absolute atomic E-state index is 0.322. The summed E-state index contributed by atoms with van der Waals surface area (Å²) in [4.78, 5) is 0. The summed E-state index contributed by atoms with van der Waals surface area (Å²) in [7, 11) is 0. The second-order valence-electron chi connectivity index (χ2n) is 3.58. The van der Waals surface area contributed by atoms with Crippen LogP contribution in [-0.2, 0) is 5.33 Å². The molecule has 0 saturated carbocycles. The number of alkyl halides is 1. The van der Waals surface area contributed by atoms with Crippen molar-refractivity contribution in [1.29, 1.82) is 0 Å². The minimum atomic E-state index is -1.44. The van der Waals surface area contributed by atoms with Crippen molar-refractivity contribution in [2.45, 2.75) is 5.33 Å². The number of rotatable bonds is 2. The van der Waals surface area contributed by atoms with Gasteiger partial charge in [0.2, 0.25) is 0 Å². The van der Waals surface area contributed by atoms with Crippen molar-refractivity contribution in [3.63, 3.8) is 0 Å². The number of hydrogen-bond donors (Lipinski definition) is 0. The van der Waals surface area contributed by atoms with E-state index in [1.165, 1.54) is 0 Å². The summed E-state index contributed by atoms with van der Waals surface area (Å²) >= 11 is 3.30. The van der Waals surface area contributed by atoms with E-state index in [1.54, 1.807) is 12.1 Å². The Bertz CT molecular complexity index is 512. The molecule has 2 rings (SSSR count). The summed E-state index contributed by atoms with van der Waals surface area (Å²) < 4.78 is 38.9. The minimum Gasteiger partial charge on any atom is -0.204 e. The Morgan fingerprint density at radius 1 is 0.824 bits per heavy atom. The van der Waals surface area contributed by atoms with Crippen molar-refractivity contribution in [2.24, 2.45) is 0 Å². The Morgan fingerprint density at radius 3 is 1.82 bits per heavy atom. The van der Waals surface area contributed by atoms with Gasteiger partial charge in [-0.3, -0.25) is 0 Å². The third-order valence-electron chi connectivity index (χ3n) is 2.43. The van der Waals surface area contributed by atoms with Crippen LogP contribution in [0.2, 0.25) is 0 Å². The van der Waals surface area contributed by atoms with Crippen molar-refractivity contribution in [3.05, 3.63) is 59.4 Å². The number of benzene rings is 2. The molecule has 88 valence electrons. The van der Waals surface area contributed by atoms with E-state index in [-0.39, 0.29) is 0 Å². The largest absolute Gasteiger partial charge is 0.204 e. The maximum Gasteiger partial charge on any atom is 0.194 e. The molecule has 2 aromatic carbocycles. The predicted octanol–water partition coefficient (Wildman–Crippen LogP) is 4.67. The molecular weight excluding hydrogens is 293 g/mol. The van der Waals surface area contributed by atoms with E-state index < -0.39 is 17.5 Å². The molecule has 0 bridgehead atoms. The van der Waals surface area contributed by atoms with Crippen molar-refractivity contribution in [1.82, 2.24) is 0 Å². The molecule has 0 aromatic heterocycles. The Kier molecular flexibility index (Phi) is 3.52. The average molecular weight is 301 g/mol. The molecule has 0 spiro atoms. The molecule has 0 nitrogen and oxygen atoms in total. The zero-order valence-corrected chi connectivity index (χ0v) is 10.3. The Balaban J connectivity index is 2.45. The summed E-state index contributed by atoms with van der Waals surface area (Å²) in [6.07, 6.45) is 0. The van der Waals surface area contributed by atoms with E-state index in [0.717, 1.165) is 17.7 Å². The fraction of sp³-hybridized carbons (Fsp3) is 0.0769. The van der Waals surface area contributed by atoms with Crippen molar-refractivity contribution in [2.75, 3.05) is 0 Å². The fourth-order valence-electron chi connectivity index (χ4n) is 1.51. The van der Waals surface area contributed by atoms with Crippen LogP contribution < -0.4 is 0 Å². The molecule has 0 unspecified atom stereocenters. The van der Waals surface area contributed by atoms with Crippen LogP contribution in [0.1, 0.15) is 5.56 Å². The highest BCUT2D eigenvalue weighted by molar-refractivity contribution is 9.08. The molecule has 0 amide bonds. The lowest BCUT2D eigenvalue weighted by molar-refractivity contribution is 0.448. The van der Waals surface area contributed by atoms with Crippen molar-refractivity contribution >= 4 is 15.9 Å². The summed E-state index contributed by atoms with van der Waals surface area (Å²) in [6, 6.07) is 9.13. The van der Waals surface area contributed by atoms with Crippen molar-refractivity contribution < 1.29 is 13.2 Å². The monoisotopic (exact) mass is 300 g/mol. The van der Waals surface area contributed by atoms with Gasteiger partial charge in [0.05, 0.1) is 0 Å². The zero-order chi connectivity index (χ0) is 12.4. The van der Waals surface area contributed by atoms with Gasteiger partial charge in [-0.15, -0.1) is 0 Å². The quantitative estimate of drug-likeness (QED) is 0.559. The number of hydrogen-bond acceptors (Lipinski definition) is 0. The summed E-state index contributed by atoms with van der Waals surface area (Å²) in [5, 5.41) is 0.708. The summed E-state index contributed by atoms with van der Waals surface area (Å²) in [5.74, 6) is -3.79. The first kappa shape index (κ1) is 12.2. The second-order valence-corrected chi connectivity index (χ2v) is 4.15. The highest BCUT2D eigenvalue weighted by Crippen LogP contribution is 2.24. The smallest absolute Gasteiger partial charge is 0.194 e. The fourth-order valence-corrected chi connectivity index (χ4v) is 1.88. The molecule has 2 aromatic rings. The highest BCUT2D eigenvalue weighted by Gasteiger charge is 2.11. The number of halogens is 4. The third kappa shape index (κ3) is 2.52. The SMILES string of the molecule is Fc1cc(-c2ccc(CBr)cc2)cc(F)c1F. The zero-order valence-electron chi connectivity index (χ0n) is 8.68. The molecule has 0 atom stereocenters. The molecule has 0 aliphatic rings. The lowest BCUT2D eigenvalue weighted by atomic mass is 10.0. The predicted molar refractivity (Wildman–Crippen MR) is 64.4 cm³/mol. The average Bonchev–Trinajstić information content (AvgIpc) is 2.35. The molecule has 4 heteroatoms. The van der Waals surface area contributed by atoms with Crippen LogP contribution in [0.5, 0.6) is 0 Å². The maximum atomic E-state index is 13.0. The molecule has 0 fully saturated rings. The van der Waals surface area contributed by atoms with Gasteiger partial charge >= 0.3 is 0 Å². The van der Waals surface area contributed by atoms with E-state index in [0.29, 0.717) is 16.5 Å². The lowest BCUT2D eigenvalue weighted by Crippen LogP contribution is -1.91. The summed E-state index contributed by atoms with van der Waals surface area (Å²) in [5.41, 5.74) is 2.02. The van der Waals surface area contributed by atoms with E-state index >= 15 is 0 Å². The van der Waals surface area contributed by atoms with Gasteiger partial charge in [-0.2, -0.15) is 0 Å². The summed E-state index contributed by atoms with van der Waals surface area (Å²) in [6.45, 7) is 0. The van der Waals surface area contributed by atoms with Crippen molar-refractivity contribution in [3.8, 4) is 11.1 Å². The van der Waals surface area contributed by atoms with Crippen LogP contribution >= 0.6 is 15.9 Å². The van der Waals surface area contributed by atoms with Gasteiger partial charge in [-0.05, 0) is 28.8 Å². The van der Waals surface area contributed by atoms with Crippen LogP contribution in [0.3, 0.4) is 0 Å². The molecule has 0 radical (unpaired) electrons. The van der Waals surface area contributed by atoms with E-state index in [4.69, 9.17) is 0 Å². The third-order valence-corrected chi connectivity index (χ3v) is 3.07. The molecule has 17 heavy (non-hydrogen) atoms. The van der Waals surface area contributed by atoms with Gasteiger partial charge in [0.15, 0.2) is 17.5 Å². The topological polar surface area (TPSA) is 0 Å². The van der Waals surface area contributed by atoms with E-state index in [2.05, 4.69) is 15.9 Å². The molecule has 0 aliphatic carbocycles. The second kappa shape index (κ2) is 4.92. The van der Waals surface area contributed by atoms with Crippen LogP contribution in [0, 0.1) is 17.5 Å². The van der Waals surface area contributed by atoms with Gasteiger partial charge in [0.25, 0.3) is 0 Å². The molecular formula is C13H8BrF3. The van der Waals surface area contributed by atoms with Crippen LogP contribution in [0.25, 0.3) is 11.1 Å². The molecule has 0 heterocycles. The van der Waals surface area contributed by atoms with Gasteiger partial charge < -0.3 is 0 Å². The van der Waals surface area contributed by atoms with Crippen LogP contribution in [-0.4, -0.2) is 0 Å². The molecule has 0 aliphatic heterocycles. The standard InChI is InChI=1S/C13H8BrF3/c14-7-8-1-3-9(4-2-8)10-5-11(15)13(17)12(16)6-10/h1-6H,7H2. The normalized spacial score (nSPS) is 10.6. The van der Waals surface area contributed by atoms with Crippen LogP contribution in [0.15, 0.2) is 36.4 Å². The molecule has 0 N–H and O–H groups in total. The maximum absolute atomic E-state index is 13.0. The van der Waals surface area contributed by atoms with E-state index in [9.17, 15) is 13.2 Å². The van der Waals surface area contributed by atoms with Gasteiger partial charge in [-0.25, -0.2) is 13.2 Å². The van der Waals surface area contributed by atoms with Gasteiger partial charge in [-0.1, -0.05) is 40.2 Å². The highest BCUT2D eigenvalue weighted by atomic mass is 79.9. The Hall–Kier alpha value is -1.29. The van der Waals surface area contributed by atoms with E-state index in [1.807, 2.05) is 12.1 Å². The van der Waals surface area contributed by atoms with Crippen LogP contribution in [0.4, 0.5) is 13.2 Å². The first-order chi connectivity index (χ1) is 8.11. The first-order valence-corrected chi connectivity index (χ1v) is 6.04. The first-order valence-electron chi connectivity index (χ1n) is 4.91. The Labute approximate surface area is 105 Å². The Morgan fingerprint density at radius 2 is 1.35 bits per heavy atom. The van der Waals surface area contributed by atoms with Gasteiger partial charge in [0.1, 0.15) is 0 Å². The van der Waals surface area contributed by atoms with Gasteiger partial charge in [0, 0.05) is 5.33 Å². The lowest BCUT2D eigenvalue weighted by Gasteiger charge is -2.04. The molecule has 0 saturated heterocycles.